The number of carbonyl (C=O) groups excluding carboxylic acids is 1. The molecule has 5 atom stereocenters. The lowest BCUT2D eigenvalue weighted by atomic mass is 10.00. The van der Waals surface area contributed by atoms with Crippen LogP contribution in [-0.2, 0) is 24.7 Å². The molecule has 0 radical (unpaired) electrons. The summed E-state index contributed by atoms with van der Waals surface area (Å²) in [5, 5.41) is 28.8. The first-order valence-corrected chi connectivity index (χ1v) is 8.26. The predicted octanol–water partition coefficient (Wildman–Crippen LogP) is -2.99. The molecule has 0 unspecified atom stereocenters. The molecule has 13 heteroatoms. The van der Waals surface area contributed by atoms with Gasteiger partial charge in [0.2, 0.25) is 0 Å². The summed E-state index contributed by atoms with van der Waals surface area (Å²) in [5.41, 5.74) is 4.49. The van der Waals surface area contributed by atoms with E-state index in [1.807, 2.05) is 0 Å². The van der Waals surface area contributed by atoms with E-state index in [0.717, 1.165) is 7.11 Å². The molecule has 1 rings (SSSR count). The van der Waals surface area contributed by atoms with Crippen molar-refractivity contribution in [1.29, 1.82) is 0 Å². The van der Waals surface area contributed by atoms with Crippen molar-refractivity contribution in [2.45, 2.75) is 29.9 Å². The average molecular weight is 365 g/mol. The van der Waals surface area contributed by atoms with Crippen LogP contribution < -0.4 is 5.73 Å². The van der Waals surface area contributed by atoms with Crippen LogP contribution in [0, 0.1) is 0 Å². The Morgan fingerprint density at radius 3 is 2.14 bits per heavy atom. The molecule has 1 aliphatic rings. The molecular weight excluding hydrogens is 346 g/mol. The number of aliphatic hydroxyl groups excluding tert-OH is 3. The average Bonchev–Trinajstić information content (AvgIpc) is 2.41. The van der Waals surface area contributed by atoms with Crippen molar-refractivity contribution in [3.8, 4) is 0 Å². The Morgan fingerprint density at radius 2 is 1.73 bits per heavy atom. The van der Waals surface area contributed by atoms with Crippen LogP contribution >= 0.6 is 11.8 Å². The molecule has 1 heterocycles. The zero-order valence-electron chi connectivity index (χ0n) is 11.5. The normalized spacial score (nSPS) is 31.9. The van der Waals surface area contributed by atoms with Gasteiger partial charge in [-0.25, -0.2) is 4.79 Å². The Labute approximate surface area is 131 Å². The van der Waals surface area contributed by atoms with Gasteiger partial charge in [-0.15, -0.1) is 11.8 Å². The second-order valence-electron chi connectivity index (χ2n) is 4.03. The first-order chi connectivity index (χ1) is 10.0. The van der Waals surface area contributed by atoms with Gasteiger partial charge in [-0.2, -0.15) is 8.42 Å². The Hall–Kier alpha value is -0.510. The number of esters is 1. The third-order valence-electron chi connectivity index (χ3n) is 2.40. The number of rotatable bonds is 4. The number of nitrogens with two attached hydrogens (primary N) is 1. The Balaban J connectivity index is 0.000000763. The van der Waals surface area contributed by atoms with Gasteiger partial charge < -0.3 is 30.5 Å². The molecule has 0 aromatic carbocycles. The van der Waals surface area contributed by atoms with Crippen LogP contribution in [0.15, 0.2) is 0 Å². The van der Waals surface area contributed by atoms with Crippen LogP contribution in [0.5, 0.6) is 0 Å². The van der Waals surface area contributed by atoms with Gasteiger partial charge in [0.05, 0.1) is 7.11 Å². The highest BCUT2D eigenvalue weighted by molar-refractivity contribution is 7.99. The minimum Gasteiger partial charge on any atom is -0.467 e. The second kappa shape index (κ2) is 9.59. The Morgan fingerprint density at radius 1 is 1.23 bits per heavy atom. The van der Waals surface area contributed by atoms with Gasteiger partial charge in [0.1, 0.15) is 23.7 Å². The first-order valence-electron chi connectivity index (χ1n) is 5.82. The van der Waals surface area contributed by atoms with Crippen molar-refractivity contribution in [2.75, 3.05) is 19.4 Å². The van der Waals surface area contributed by atoms with Crippen molar-refractivity contribution in [3.63, 3.8) is 0 Å². The van der Waals surface area contributed by atoms with E-state index in [-0.39, 0.29) is 0 Å². The van der Waals surface area contributed by atoms with E-state index in [0.29, 0.717) is 12.3 Å². The smallest absolute Gasteiger partial charge is 0.394 e. The van der Waals surface area contributed by atoms with Gasteiger partial charge in [0, 0.05) is 12.3 Å². The number of aliphatic hydroxyl groups is 3. The molecule has 0 aliphatic carbocycles. The quantitative estimate of drug-likeness (QED) is 0.218. The highest BCUT2D eigenvalue weighted by Gasteiger charge is 2.47. The van der Waals surface area contributed by atoms with Gasteiger partial charge in [0.25, 0.3) is 0 Å². The van der Waals surface area contributed by atoms with E-state index in [1.165, 1.54) is 11.8 Å². The summed E-state index contributed by atoms with van der Waals surface area (Å²) in [6, 6.07) is 0. The number of hydrogen-bond donors (Lipinski definition) is 6. The minimum absolute atomic E-state index is 0.374. The highest BCUT2D eigenvalue weighted by Crippen LogP contribution is 2.28. The van der Waals surface area contributed by atoms with Crippen molar-refractivity contribution < 1.29 is 47.1 Å². The number of carbonyl (C=O) groups is 1. The maximum absolute atomic E-state index is 11.3. The highest BCUT2D eigenvalue weighted by atomic mass is 32.3. The third-order valence-corrected chi connectivity index (χ3v) is 3.59. The summed E-state index contributed by atoms with van der Waals surface area (Å²) < 4.78 is 41.2. The summed E-state index contributed by atoms with van der Waals surface area (Å²) in [6.07, 6.45) is -5.54. The lowest BCUT2D eigenvalue weighted by molar-refractivity contribution is -0.211. The molecule has 132 valence electrons. The summed E-state index contributed by atoms with van der Waals surface area (Å²) >= 11 is 1.17. The molecule has 1 saturated heterocycles. The van der Waals surface area contributed by atoms with Gasteiger partial charge in [-0.05, 0) is 0 Å². The molecule has 11 nitrogen and oxygen atoms in total. The van der Waals surface area contributed by atoms with E-state index in [4.69, 9.17) is 28.0 Å². The van der Waals surface area contributed by atoms with Crippen molar-refractivity contribution in [1.82, 2.24) is 0 Å². The van der Waals surface area contributed by atoms with Gasteiger partial charge >= 0.3 is 16.4 Å². The maximum atomic E-state index is 11.3. The van der Waals surface area contributed by atoms with Gasteiger partial charge in [-0.1, -0.05) is 0 Å². The van der Waals surface area contributed by atoms with Crippen LogP contribution in [0.1, 0.15) is 0 Å². The van der Waals surface area contributed by atoms with Crippen molar-refractivity contribution >= 4 is 28.1 Å². The lowest BCUT2D eigenvalue weighted by Crippen LogP contribution is -2.59. The van der Waals surface area contributed by atoms with Crippen LogP contribution in [0.25, 0.3) is 0 Å². The molecule has 1 aliphatic heterocycles. The second-order valence-corrected chi connectivity index (χ2v) is 6.13. The Kier molecular flexibility index (Phi) is 9.37. The summed E-state index contributed by atoms with van der Waals surface area (Å²) in [4.78, 5) is 11.3. The van der Waals surface area contributed by atoms with Crippen molar-refractivity contribution in [2.24, 2.45) is 5.73 Å². The van der Waals surface area contributed by atoms with Gasteiger partial charge in [0.15, 0.2) is 6.10 Å². The molecule has 0 spiro atoms. The molecule has 0 aromatic rings. The summed E-state index contributed by atoms with van der Waals surface area (Å²) in [6.45, 7) is 0.374. The van der Waals surface area contributed by atoms with Crippen molar-refractivity contribution in [3.05, 3.63) is 0 Å². The molecular formula is C9H19NO10S2. The van der Waals surface area contributed by atoms with E-state index in [1.54, 1.807) is 0 Å². The van der Waals surface area contributed by atoms with Gasteiger partial charge in [-0.3, -0.25) is 9.11 Å². The van der Waals surface area contributed by atoms with Crippen LogP contribution in [0.3, 0.4) is 0 Å². The molecule has 0 aromatic heterocycles. The molecule has 22 heavy (non-hydrogen) atoms. The molecule has 1 fully saturated rings. The number of ether oxygens (including phenoxy) is 2. The summed E-state index contributed by atoms with van der Waals surface area (Å²) in [7, 11) is -3.52. The van der Waals surface area contributed by atoms with Crippen LogP contribution in [0.4, 0.5) is 0 Å². The molecule has 7 N–H and O–H groups in total. The molecule has 0 amide bonds. The zero-order valence-corrected chi connectivity index (χ0v) is 13.1. The maximum Gasteiger partial charge on any atom is 0.394 e. The summed E-state index contributed by atoms with van der Waals surface area (Å²) in [5.74, 6) is -0.292. The zero-order chi connectivity index (χ0) is 17.5. The van der Waals surface area contributed by atoms with E-state index < -0.39 is 46.2 Å². The number of methoxy groups -OCH3 is 1. The fourth-order valence-electron chi connectivity index (χ4n) is 1.48. The number of hydrogen-bond acceptors (Lipinski definition) is 10. The van der Waals surface area contributed by atoms with Crippen LogP contribution in [0.2, 0.25) is 0 Å². The fourth-order valence-corrected chi connectivity index (χ4v) is 2.41. The Bertz CT molecular complexity index is 436. The SMILES string of the molecule is COC(=O)[C@@H]1O[C@H](SCCN)[C@@H](O)[C@H](O)[C@H]1O.O=S(=O)(O)O. The van der Waals surface area contributed by atoms with E-state index in [2.05, 4.69) is 4.74 Å². The minimum atomic E-state index is -4.67. The molecule has 0 saturated carbocycles. The topological polar surface area (TPSA) is 197 Å². The van der Waals surface area contributed by atoms with Crippen LogP contribution in [-0.4, -0.2) is 88.1 Å². The largest absolute Gasteiger partial charge is 0.467 e. The predicted molar refractivity (Wildman–Crippen MR) is 74.4 cm³/mol. The molecule has 0 bridgehead atoms. The van der Waals surface area contributed by atoms with E-state index in [9.17, 15) is 20.1 Å². The van der Waals surface area contributed by atoms with E-state index >= 15 is 0 Å². The first kappa shape index (κ1) is 21.5. The third kappa shape index (κ3) is 7.66. The number of thioether (sulfide) groups is 1. The lowest BCUT2D eigenvalue weighted by Gasteiger charge is -2.38. The monoisotopic (exact) mass is 365 g/mol. The fraction of sp³-hybridized carbons (Fsp3) is 0.889. The standard InChI is InChI=1S/C9H17NO6S.H2O4S/c1-15-8(14)7-5(12)4(11)6(13)9(16-7)17-3-2-10;1-5(2,3)4/h4-7,9,11-13H,2-3,10H2,1H3;(H2,1,2,3,4)/t4-,5-,6+,7-,9-;/m1./s1.